The molecule has 1 heterocycles. The Morgan fingerprint density at radius 3 is 2.74 bits per heavy atom. The van der Waals surface area contributed by atoms with E-state index in [0.717, 1.165) is 49.2 Å². The predicted molar refractivity (Wildman–Crippen MR) is 94.7 cm³/mol. The van der Waals surface area contributed by atoms with E-state index in [4.69, 9.17) is 10.2 Å². The van der Waals surface area contributed by atoms with Crippen molar-refractivity contribution in [1.82, 2.24) is 4.98 Å². The number of hydrogen-bond acceptors (Lipinski definition) is 4. The first-order chi connectivity index (χ1) is 10.7. The summed E-state index contributed by atoms with van der Waals surface area (Å²) in [7, 11) is 0. The molecule has 1 amide bonds. The van der Waals surface area contributed by atoms with E-state index < -0.39 is 0 Å². The van der Waals surface area contributed by atoms with Gasteiger partial charge in [0.05, 0.1) is 5.69 Å². The molecule has 0 aliphatic carbocycles. The Labute approximate surface area is 143 Å². The number of oxazole rings is 1. The lowest BCUT2D eigenvalue weighted by atomic mass is 10.1. The van der Waals surface area contributed by atoms with Gasteiger partial charge in [-0.25, -0.2) is 4.98 Å². The fraction of sp³-hybridized carbons (Fsp3) is 0.412. The molecule has 0 radical (unpaired) electrons. The van der Waals surface area contributed by atoms with Gasteiger partial charge < -0.3 is 15.5 Å². The number of aromatic nitrogens is 1. The molecule has 0 atom stereocenters. The van der Waals surface area contributed by atoms with Crippen LogP contribution in [0.15, 0.2) is 34.9 Å². The second-order valence-electron chi connectivity index (χ2n) is 5.38. The van der Waals surface area contributed by atoms with Crippen molar-refractivity contribution in [3.63, 3.8) is 0 Å². The van der Waals surface area contributed by atoms with Crippen LogP contribution in [-0.2, 0) is 4.79 Å². The van der Waals surface area contributed by atoms with Crippen LogP contribution in [0.25, 0.3) is 11.5 Å². The predicted octanol–water partition coefficient (Wildman–Crippen LogP) is 3.92. The monoisotopic (exact) mass is 337 g/mol. The van der Waals surface area contributed by atoms with E-state index >= 15 is 0 Å². The van der Waals surface area contributed by atoms with Crippen LogP contribution in [0.2, 0.25) is 0 Å². The molecule has 2 aromatic rings. The minimum atomic E-state index is 0. The Balaban J connectivity index is 0.00000264. The van der Waals surface area contributed by atoms with Crippen molar-refractivity contribution in [3.05, 3.63) is 36.2 Å². The number of nitrogens with one attached hydrogen (secondary N) is 1. The van der Waals surface area contributed by atoms with E-state index in [0.29, 0.717) is 12.3 Å². The first-order valence-electron chi connectivity index (χ1n) is 7.71. The molecule has 0 unspecified atom stereocenters. The third-order valence-corrected chi connectivity index (χ3v) is 3.37. The minimum Gasteiger partial charge on any atom is -0.444 e. The second kappa shape index (κ2) is 10.0. The van der Waals surface area contributed by atoms with Gasteiger partial charge in [-0.2, -0.15) is 0 Å². The Kier molecular flexibility index (Phi) is 8.37. The summed E-state index contributed by atoms with van der Waals surface area (Å²) in [6.07, 6.45) is 6.20. The first kappa shape index (κ1) is 19.2. The molecule has 0 aliphatic rings. The molecule has 0 fully saturated rings. The smallest absolute Gasteiger partial charge is 0.226 e. The van der Waals surface area contributed by atoms with Gasteiger partial charge >= 0.3 is 0 Å². The Bertz CT molecular complexity index is 613. The van der Waals surface area contributed by atoms with Gasteiger partial charge in [-0.3, -0.25) is 4.79 Å². The van der Waals surface area contributed by atoms with Gasteiger partial charge in [-0.05, 0) is 44.5 Å². The number of anilines is 1. The summed E-state index contributed by atoms with van der Waals surface area (Å²) in [6, 6.07) is 7.53. The van der Waals surface area contributed by atoms with Crippen molar-refractivity contribution in [2.24, 2.45) is 5.73 Å². The van der Waals surface area contributed by atoms with Crippen LogP contribution in [-0.4, -0.2) is 17.4 Å². The molecule has 0 saturated carbocycles. The van der Waals surface area contributed by atoms with Gasteiger partial charge in [0.1, 0.15) is 6.26 Å². The molecule has 0 bridgehead atoms. The van der Waals surface area contributed by atoms with E-state index in [2.05, 4.69) is 10.3 Å². The highest BCUT2D eigenvalue weighted by Crippen LogP contribution is 2.22. The zero-order valence-electron chi connectivity index (χ0n) is 13.4. The van der Waals surface area contributed by atoms with Crippen LogP contribution in [0.4, 0.5) is 5.69 Å². The number of halogens is 1. The van der Waals surface area contributed by atoms with E-state index in [1.807, 2.05) is 31.2 Å². The molecule has 1 aromatic carbocycles. The van der Waals surface area contributed by atoms with Crippen LogP contribution in [0.1, 0.15) is 37.8 Å². The van der Waals surface area contributed by atoms with Crippen molar-refractivity contribution >= 4 is 24.0 Å². The number of carbonyl (C=O) groups is 1. The fourth-order valence-electron chi connectivity index (χ4n) is 2.22. The zero-order valence-corrected chi connectivity index (χ0v) is 14.2. The van der Waals surface area contributed by atoms with Gasteiger partial charge in [0.25, 0.3) is 0 Å². The number of nitrogens with zero attached hydrogens (tertiary/aromatic N) is 1. The lowest BCUT2D eigenvalue weighted by Gasteiger charge is -2.06. The topological polar surface area (TPSA) is 81.2 Å². The minimum absolute atomic E-state index is 0. The number of nitrogens with two attached hydrogens (primary N) is 1. The zero-order chi connectivity index (χ0) is 15.8. The number of carbonyl (C=O) groups excluding carboxylic acids is 1. The molecule has 2 rings (SSSR count). The summed E-state index contributed by atoms with van der Waals surface area (Å²) in [5.41, 5.74) is 7.90. The summed E-state index contributed by atoms with van der Waals surface area (Å²) in [4.78, 5) is 16.2. The van der Waals surface area contributed by atoms with Gasteiger partial charge in [-0.15, -0.1) is 12.4 Å². The molecule has 126 valence electrons. The van der Waals surface area contributed by atoms with E-state index in [1.54, 1.807) is 6.26 Å². The number of aryl methyl sites for hydroxylation is 1. The average molecular weight is 338 g/mol. The van der Waals surface area contributed by atoms with E-state index in [1.165, 1.54) is 0 Å². The molecule has 6 heteroatoms. The molecule has 0 spiro atoms. The third-order valence-electron chi connectivity index (χ3n) is 3.37. The van der Waals surface area contributed by atoms with Crippen molar-refractivity contribution < 1.29 is 9.21 Å². The van der Waals surface area contributed by atoms with E-state index in [-0.39, 0.29) is 18.3 Å². The summed E-state index contributed by atoms with van der Waals surface area (Å²) in [5.74, 6) is 0.601. The van der Waals surface area contributed by atoms with Crippen LogP contribution in [0.3, 0.4) is 0 Å². The van der Waals surface area contributed by atoms with Gasteiger partial charge in [0.2, 0.25) is 11.8 Å². The SMILES string of the molecule is Cc1coc(-c2cccc(NC(=O)CCCCCCN)c2)n1.Cl. The molecule has 23 heavy (non-hydrogen) atoms. The first-order valence-corrected chi connectivity index (χ1v) is 7.71. The van der Waals surface area contributed by atoms with E-state index in [9.17, 15) is 4.79 Å². The highest BCUT2D eigenvalue weighted by atomic mass is 35.5. The molecule has 0 saturated heterocycles. The highest BCUT2D eigenvalue weighted by molar-refractivity contribution is 5.91. The van der Waals surface area contributed by atoms with Gasteiger partial charge in [-0.1, -0.05) is 18.9 Å². The van der Waals surface area contributed by atoms with Crippen molar-refractivity contribution in [3.8, 4) is 11.5 Å². The molecule has 3 N–H and O–H groups in total. The third kappa shape index (κ3) is 6.42. The molecule has 0 aliphatic heterocycles. The fourth-order valence-corrected chi connectivity index (χ4v) is 2.22. The number of benzene rings is 1. The van der Waals surface area contributed by atoms with Gasteiger partial charge in [0.15, 0.2) is 0 Å². The molecular formula is C17H24ClN3O2. The summed E-state index contributed by atoms with van der Waals surface area (Å²) in [6.45, 7) is 2.60. The largest absolute Gasteiger partial charge is 0.444 e. The maximum absolute atomic E-state index is 11.9. The Hall–Kier alpha value is -1.85. The highest BCUT2D eigenvalue weighted by Gasteiger charge is 2.07. The molecular weight excluding hydrogens is 314 g/mol. The summed E-state index contributed by atoms with van der Waals surface area (Å²) < 4.78 is 5.38. The maximum atomic E-state index is 11.9. The van der Waals surface area contributed by atoms with Gasteiger partial charge in [0, 0.05) is 17.7 Å². The summed E-state index contributed by atoms with van der Waals surface area (Å²) >= 11 is 0. The van der Waals surface area contributed by atoms with Crippen LogP contribution in [0, 0.1) is 6.92 Å². The number of unbranched alkanes of at least 4 members (excludes halogenated alkanes) is 3. The van der Waals surface area contributed by atoms with Crippen molar-refractivity contribution in [2.45, 2.75) is 39.0 Å². The quantitative estimate of drug-likeness (QED) is 0.715. The Morgan fingerprint density at radius 1 is 1.26 bits per heavy atom. The second-order valence-corrected chi connectivity index (χ2v) is 5.38. The number of hydrogen-bond donors (Lipinski definition) is 2. The van der Waals surface area contributed by atoms with Crippen LogP contribution in [0.5, 0.6) is 0 Å². The van der Waals surface area contributed by atoms with Crippen molar-refractivity contribution in [2.75, 3.05) is 11.9 Å². The normalized spacial score (nSPS) is 10.2. The Morgan fingerprint density at radius 2 is 2.04 bits per heavy atom. The average Bonchev–Trinajstić information content (AvgIpc) is 2.94. The lowest BCUT2D eigenvalue weighted by molar-refractivity contribution is -0.116. The van der Waals surface area contributed by atoms with Crippen molar-refractivity contribution in [1.29, 1.82) is 0 Å². The summed E-state index contributed by atoms with van der Waals surface area (Å²) in [5, 5.41) is 2.92. The number of amides is 1. The maximum Gasteiger partial charge on any atom is 0.226 e. The molecule has 1 aromatic heterocycles. The van der Waals surface area contributed by atoms with Crippen LogP contribution < -0.4 is 11.1 Å². The number of rotatable bonds is 8. The molecule has 5 nitrogen and oxygen atoms in total. The standard InChI is InChI=1S/C17H23N3O2.ClH/c1-13-12-22-17(19-13)14-7-6-8-15(11-14)20-16(21)9-4-2-3-5-10-18;/h6-8,11-12H,2-5,9-10,18H2,1H3,(H,20,21);1H. The van der Waals surface area contributed by atoms with Crippen LogP contribution >= 0.6 is 12.4 Å². The lowest BCUT2D eigenvalue weighted by Crippen LogP contribution is -2.11.